The number of carbonyl (C=O) groups is 3. The minimum atomic E-state index is -0.787. The zero-order chi connectivity index (χ0) is 46.5. The lowest BCUT2D eigenvalue weighted by Crippen LogP contribution is -2.30. The van der Waals surface area contributed by atoms with Crippen LogP contribution in [0.25, 0.3) is 0 Å². The first-order chi connectivity index (χ1) is 31.5. The fourth-order valence-corrected chi connectivity index (χ4v) is 7.12. The van der Waals surface area contributed by atoms with E-state index in [1.54, 1.807) is 0 Å². The molecule has 0 aromatic rings. The van der Waals surface area contributed by atoms with Crippen LogP contribution in [0.2, 0.25) is 0 Å². The van der Waals surface area contributed by atoms with Crippen LogP contribution < -0.4 is 0 Å². The normalized spacial score (nSPS) is 12.7. The second-order valence-corrected chi connectivity index (χ2v) is 17.4. The first-order valence-electron chi connectivity index (χ1n) is 26.6. The van der Waals surface area contributed by atoms with E-state index in [4.69, 9.17) is 14.2 Å². The van der Waals surface area contributed by atoms with Crippen molar-refractivity contribution in [2.45, 2.75) is 252 Å². The number of ether oxygens (including phenoxy) is 3. The lowest BCUT2D eigenvalue weighted by atomic mass is 10.1. The zero-order valence-corrected chi connectivity index (χ0v) is 41.8. The molecule has 0 aliphatic rings. The van der Waals surface area contributed by atoms with Crippen molar-refractivity contribution in [3.63, 3.8) is 0 Å². The summed E-state index contributed by atoms with van der Waals surface area (Å²) < 4.78 is 16.8. The van der Waals surface area contributed by atoms with Gasteiger partial charge in [-0.25, -0.2) is 0 Å². The lowest BCUT2D eigenvalue weighted by Gasteiger charge is -2.18. The summed E-state index contributed by atoms with van der Waals surface area (Å²) in [6.45, 7) is 6.37. The maximum Gasteiger partial charge on any atom is 0.306 e. The predicted octanol–water partition coefficient (Wildman–Crippen LogP) is 17.6. The molecule has 0 amide bonds. The van der Waals surface area contributed by atoms with Crippen LogP contribution >= 0.6 is 0 Å². The average molecular weight is 891 g/mol. The molecule has 1 unspecified atom stereocenters. The molecule has 6 nitrogen and oxygen atoms in total. The van der Waals surface area contributed by atoms with Gasteiger partial charge in [0.2, 0.25) is 0 Å². The van der Waals surface area contributed by atoms with Gasteiger partial charge in [-0.15, -0.1) is 0 Å². The van der Waals surface area contributed by atoms with Crippen LogP contribution in [0.5, 0.6) is 0 Å². The van der Waals surface area contributed by atoms with Gasteiger partial charge in [0.15, 0.2) is 6.10 Å². The Morgan fingerprint density at radius 3 is 0.984 bits per heavy atom. The molecule has 0 aromatic carbocycles. The highest BCUT2D eigenvalue weighted by Gasteiger charge is 2.19. The number of allylic oxidation sites excluding steroid dienone is 14. The number of hydrogen-bond donors (Lipinski definition) is 0. The smallest absolute Gasteiger partial charge is 0.306 e. The zero-order valence-electron chi connectivity index (χ0n) is 41.8. The van der Waals surface area contributed by atoms with E-state index >= 15 is 0 Å². The summed E-state index contributed by atoms with van der Waals surface area (Å²) in [5, 5.41) is 0. The number of unbranched alkanes of at least 4 members (excludes halogenated alkanes) is 22. The van der Waals surface area contributed by atoms with Gasteiger partial charge in [0.1, 0.15) is 13.2 Å². The molecule has 0 bridgehead atoms. The number of hydrogen-bond acceptors (Lipinski definition) is 6. The van der Waals surface area contributed by atoms with Gasteiger partial charge in [-0.3, -0.25) is 14.4 Å². The van der Waals surface area contributed by atoms with Crippen molar-refractivity contribution in [2.75, 3.05) is 13.2 Å². The Bertz CT molecular complexity index is 1250. The molecule has 0 saturated carbocycles. The fourth-order valence-electron chi connectivity index (χ4n) is 7.12. The lowest BCUT2D eigenvalue weighted by molar-refractivity contribution is -0.167. The third-order valence-corrected chi connectivity index (χ3v) is 11.1. The molecule has 0 saturated heterocycles. The van der Waals surface area contributed by atoms with Crippen molar-refractivity contribution in [1.29, 1.82) is 0 Å². The summed E-state index contributed by atoms with van der Waals surface area (Å²) in [6.07, 6.45) is 67.2. The summed E-state index contributed by atoms with van der Waals surface area (Å²) >= 11 is 0. The van der Waals surface area contributed by atoms with Crippen LogP contribution in [0.1, 0.15) is 245 Å². The molecule has 6 heteroatoms. The van der Waals surface area contributed by atoms with Crippen molar-refractivity contribution in [3.05, 3.63) is 85.1 Å². The van der Waals surface area contributed by atoms with Gasteiger partial charge < -0.3 is 14.2 Å². The average Bonchev–Trinajstić information content (AvgIpc) is 3.29. The van der Waals surface area contributed by atoms with E-state index in [2.05, 4.69) is 106 Å². The van der Waals surface area contributed by atoms with Crippen LogP contribution in [0.15, 0.2) is 85.1 Å². The van der Waals surface area contributed by atoms with E-state index < -0.39 is 6.10 Å². The summed E-state index contributed by atoms with van der Waals surface area (Å²) in [5.74, 6) is -0.917. The van der Waals surface area contributed by atoms with Crippen molar-refractivity contribution < 1.29 is 28.6 Å². The van der Waals surface area contributed by atoms with Gasteiger partial charge in [-0.05, 0) is 103 Å². The first kappa shape index (κ1) is 60.6. The van der Waals surface area contributed by atoms with Gasteiger partial charge >= 0.3 is 17.9 Å². The van der Waals surface area contributed by atoms with Gasteiger partial charge in [0.05, 0.1) is 0 Å². The Morgan fingerprint density at radius 1 is 0.328 bits per heavy atom. The standard InChI is InChI=1S/C58H98O6/c1-4-7-10-13-16-19-22-24-25-26-27-28-29-30-31-32-33-35-36-39-42-45-48-51-57(60)63-54-55(53-62-56(59)50-47-44-41-38-21-18-15-12-9-6-3)64-58(61)52-49-46-43-40-37-34-23-20-17-14-11-8-5-2/h7,10-12,14-16,19-20,23-25,27-28,55H,4-6,8-9,13,17-18,21-22,26,29-54H2,1-3H3/b10-7-,14-11-,15-12-,19-16-,23-20-,25-24-,28-27-. The summed E-state index contributed by atoms with van der Waals surface area (Å²) in [5.41, 5.74) is 0. The maximum atomic E-state index is 12.8. The molecule has 0 aliphatic carbocycles. The fraction of sp³-hybridized carbons (Fsp3) is 0.707. The highest BCUT2D eigenvalue weighted by atomic mass is 16.6. The van der Waals surface area contributed by atoms with Gasteiger partial charge in [0.25, 0.3) is 0 Å². The molecule has 0 rings (SSSR count). The van der Waals surface area contributed by atoms with Crippen LogP contribution in [0.3, 0.4) is 0 Å². The quantitative estimate of drug-likeness (QED) is 0.0262. The first-order valence-corrected chi connectivity index (χ1v) is 26.6. The predicted molar refractivity (Wildman–Crippen MR) is 274 cm³/mol. The molecule has 0 spiro atoms. The second kappa shape index (κ2) is 52.2. The molecule has 64 heavy (non-hydrogen) atoms. The Morgan fingerprint density at radius 2 is 0.609 bits per heavy atom. The highest BCUT2D eigenvalue weighted by molar-refractivity contribution is 5.71. The van der Waals surface area contributed by atoms with E-state index in [-0.39, 0.29) is 31.1 Å². The van der Waals surface area contributed by atoms with E-state index in [0.29, 0.717) is 19.3 Å². The van der Waals surface area contributed by atoms with E-state index in [9.17, 15) is 14.4 Å². The molecular formula is C58H98O6. The molecule has 0 aliphatic heterocycles. The van der Waals surface area contributed by atoms with Crippen LogP contribution in [0, 0.1) is 0 Å². The van der Waals surface area contributed by atoms with Crippen LogP contribution in [-0.2, 0) is 28.6 Å². The van der Waals surface area contributed by atoms with E-state index in [1.165, 1.54) is 77.0 Å². The number of rotatable bonds is 47. The Hall–Kier alpha value is -3.41. The molecule has 366 valence electrons. The van der Waals surface area contributed by atoms with E-state index in [0.717, 1.165) is 128 Å². The van der Waals surface area contributed by atoms with Gasteiger partial charge in [-0.1, -0.05) is 209 Å². The highest BCUT2D eigenvalue weighted by Crippen LogP contribution is 2.14. The van der Waals surface area contributed by atoms with Crippen molar-refractivity contribution in [3.8, 4) is 0 Å². The Kier molecular flexibility index (Phi) is 49.4. The van der Waals surface area contributed by atoms with Crippen LogP contribution in [0.4, 0.5) is 0 Å². The van der Waals surface area contributed by atoms with E-state index in [1.807, 2.05) is 0 Å². The molecule has 1 atom stereocenters. The Balaban J connectivity index is 4.28. The molecule has 0 radical (unpaired) electrons. The molecular weight excluding hydrogens is 793 g/mol. The summed E-state index contributed by atoms with van der Waals surface area (Å²) in [4.78, 5) is 37.9. The largest absolute Gasteiger partial charge is 0.462 e. The number of esters is 3. The minimum absolute atomic E-state index is 0.0874. The molecule has 0 heterocycles. The monoisotopic (exact) mass is 891 g/mol. The molecule has 0 aromatic heterocycles. The van der Waals surface area contributed by atoms with Crippen molar-refractivity contribution in [1.82, 2.24) is 0 Å². The SMILES string of the molecule is CC/C=C\C/C=C\C/C=C\C/C=C\CCCCCCCCCCCCC(=O)OCC(COC(=O)CCCCCCC/C=C\CCC)OC(=O)CCCCCCC/C=C\C/C=C\CCC. The third kappa shape index (κ3) is 49.6. The summed E-state index contributed by atoms with van der Waals surface area (Å²) in [7, 11) is 0. The molecule has 0 N–H and O–H groups in total. The third-order valence-electron chi connectivity index (χ3n) is 11.1. The van der Waals surface area contributed by atoms with Crippen molar-refractivity contribution in [2.24, 2.45) is 0 Å². The molecule has 0 fully saturated rings. The minimum Gasteiger partial charge on any atom is -0.462 e. The van der Waals surface area contributed by atoms with Crippen LogP contribution in [-0.4, -0.2) is 37.2 Å². The second-order valence-electron chi connectivity index (χ2n) is 17.4. The topological polar surface area (TPSA) is 78.9 Å². The summed E-state index contributed by atoms with van der Waals surface area (Å²) in [6, 6.07) is 0. The maximum absolute atomic E-state index is 12.8. The van der Waals surface area contributed by atoms with Gasteiger partial charge in [0, 0.05) is 19.3 Å². The Labute approximate surface area is 395 Å². The van der Waals surface area contributed by atoms with Gasteiger partial charge in [-0.2, -0.15) is 0 Å². The van der Waals surface area contributed by atoms with Crippen molar-refractivity contribution >= 4 is 17.9 Å². The number of carbonyl (C=O) groups excluding carboxylic acids is 3.